The van der Waals surface area contributed by atoms with Crippen LogP contribution >= 0.6 is 15.9 Å². The first kappa shape index (κ1) is 15.7. The van der Waals surface area contributed by atoms with Crippen LogP contribution in [0.1, 0.15) is 5.69 Å². The van der Waals surface area contributed by atoms with Crippen LogP contribution < -0.4 is 10.6 Å². The molecule has 1 aromatic carbocycles. The van der Waals surface area contributed by atoms with E-state index in [-0.39, 0.29) is 5.57 Å². The number of nitrogens with zero attached hydrogens (tertiary/aromatic N) is 2. The van der Waals surface area contributed by atoms with Crippen molar-refractivity contribution in [2.75, 3.05) is 10.6 Å². The van der Waals surface area contributed by atoms with E-state index >= 15 is 0 Å². The minimum absolute atomic E-state index is 0.0245. The molecule has 6 heteroatoms. The van der Waals surface area contributed by atoms with Crippen LogP contribution in [-0.4, -0.2) is 10.9 Å². The van der Waals surface area contributed by atoms with Gasteiger partial charge in [-0.05, 0) is 43.3 Å². The maximum Gasteiger partial charge on any atom is 0.267 e. The molecule has 5 nitrogen and oxygen atoms in total. The molecule has 0 fully saturated rings. The van der Waals surface area contributed by atoms with Gasteiger partial charge < -0.3 is 10.6 Å². The fourth-order valence-corrected chi connectivity index (χ4v) is 1.85. The minimum Gasteiger partial charge on any atom is -0.359 e. The predicted octanol–water partition coefficient (Wildman–Crippen LogP) is 3.61. The quantitative estimate of drug-likeness (QED) is 0.647. The van der Waals surface area contributed by atoms with Gasteiger partial charge in [0.2, 0.25) is 0 Å². The van der Waals surface area contributed by atoms with Crippen LogP contribution in [-0.2, 0) is 4.79 Å². The zero-order valence-corrected chi connectivity index (χ0v) is 13.4. The SMILES string of the molecule is Cc1ccc(N/C=C(/C#N)C(=O)Nc2ccc(Br)cc2)cn1. The van der Waals surface area contributed by atoms with E-state index in [0.717, 1.165) is 10.2 Å². The molecule has 1 amide bonds. The van der Waals surface area contributed by atoms with E-state index in [1.807, 2.05) is 37.3 Å². The summed E-state index contributed by atoms with van der Waals surface area (Å²) in [5.41, 5.74) is 2.19. The first-order chi connectivity index (χ1) is 10.6. The summed E-state index contributed by atoms with van der Waals surface area (Å²) in [6, 6.07) is 12.6. The number of hydrogen-bond acceptors (Lipinski definition) is 4. The molecule has 0 saturated heterocycles. The number of nitrogens with one attached hydrogen (secondary N) is 2. The summed E-state index contributed by atoms with van der Waals surface area (Å²) in [4.78, 5) is 16.2. The third-order valence-corrected chi connectivity index (χ3v) is 3.29. The number of nitriles is 1. The lowest BCUT2D eigenvalue weighted by Crippen LogP contribution is -2.14. The molecule has 22 heavy (non-hydrogen) atoms. The molecule has 0 bridgehead atoms. The lowest BCUT2D eigenvalue weighted by molar-refractivity contribution is -0.112. The van der Waals surface area contributed by atoms with Gasteiger partial charge in [0, 0.05) is 22.1 Å². The lowest BCUT2D eigenvalue weighted by atomic mass is 10.2. The van der Waals surface area contributed by atoms with E-state index in [9.17, 15) is 4.79 Å². The number of rotatable bonds is 4. The summed E-state index contributed by atoms with van der Waals surface area (Å²) >= 11 is 3.32. The van der Waals surface area contributed by atoms with E-state index in [2.05, 4.69) is 31.5 Å². The normalized spacial score (nSPS) is 10.7. The van der Waals surface area contributed by atoms with Crippen molar-refractivity contribution < 1.29 is 4.79 Å². The van der Waals surface area contributed by atoms with Gasteiger partial charge in [0.05, 0.1) is 11.9 Å². The molecule has 0 aliphatic carbocycles. The highest BCUT2D eigenvalue weighted by molar-refractivity contribution is 9.10. The van der Waals surface area contributed by atoms with Crippen LogP contribution in [0.4, 0.5) is 11.4 Å². The average molecular weight is 357 g/mol. The number of aromatic nitrogens is 1. The summed E-state index contributed by atoms with van der Waals surface area (Å²) in [5, 5.41) is 14.6. The number of halogens is 1. The first-order valence-electron chi connectivity index (χ1n) is 6.45. The average Bonchev–Trinajstić information content (AvgIpc) is 2.52. The highest BCUT2D eigenvalue weighted by atomic mass is 79.9. The fourth-order valence-electron chi connectivity index (χ4n) is 1.59. The van der Waals surface area contributed by atoms with Gasteiger partial charge >= 0.3 is 0 Å². The van der Waals surface area contributed by atoms with Crippen molar-refractivity contribution in [2.45, 2.75) is 6.92 Å². The molecule has 110 valence electrons. The third kappa shape index (κ3) is 4.43. The molecule has 1 heterocycles. The highest BCUT2D eigenvalue weighted by Gasteiger charge is 2.09. The summed E-state index contributed by atoms with van der Waals surface area (Å²) in [7, 11) is 0. The maximum absolute atomic E-state index is 12.0. The van der Waals surface area contributed by atoms with Crippen LogP contribution in [0, 0.1) is 18.3 Å². The van der Waals surface area contributed by atoms with Gasteiger partial charge in [0.15, 0.2) is 0 Å². The summed E-state index contributed by atoms with van der Waals surface area (Å²) in [6.07, 6.45) is 2.99. The number of benzene rings is 1. The van der Waals surface area contributed by atoms with Crippen molar-refractivity contribution in [3.8, 4) is 6.07 Å². The van der Waals surface area contributed by atoms with E-state index in [1.165, 1.54) is 6.20 Å². The van der Waals surface area contributed by atoms with Gasteiger partial charge in [-0.15, -0.1) is 0 Å². The summed E-state index contributed by atoms with van der Waals surface area (Å²) < 4.78 is 0.912. The van der Waals surface area contributed by atoms with Gasteiger partial charge in [0.25, 0.3) is 5.91 Å². The van der Waals surface area contributed by atoms with Crippen molar-refractivity contribution >= 4 is 33.2 Å². The topological polar surface area (TPSA) is 77.8 Å². The Labute approximate surface area is 136 Å². The second kappa shape index (κ2) is 7.38. The molecular weight excluding hydrogens is 344 g/mol. The second-order valence-corrected chi connectivity index (χ2v) is 5.38. The van der Waals surface area contributed by atoms with Gasteiger partial charge in [-0.3, -0.25) is 9.78 Å². The Bertz CT molecular complexity index is 730. The van der Waals surface area contributed by atoms with Crippen LogP contribution in [0.3, 0.4) is 0 Å². The zero-order valence-electron chi connectivity index (χ0n) is 11.8. The number of pyridine rings is 1. The largest absolute Gasteiger partial charge is 0.359 e. The Morgan fingerprint density at radius 1 is 1.23 bits per heavy atom. The lowest BCUT2D eigenvalue weighted by Gasteiger charge is -2.05. The second-order valence-electron chi connectivity index (χ2n) is 4.46. The number of hydrogen-bond donors (Lipinski definition) is 2. The Morgan fingerprint density at radius 3 is 2.50 bits per heavy atom. The van der Waals surface area contributed by atoms with Crippen molar-refractivity contribution in [1.82, 2.24) is 4.98 Å². The maximum atomic E-state index is 12.0. The number of carbonyl (C=O) groups excluding carboxylic acids is 1. The molecule has 1 aromatic heterocycles. The molecule has 0 aliphatic rings. The number of aryl methyl sites for hydroxylation is 1. The Kier molecular flexibility index (Phi) is 5.28. The van der Waals surface area contributed by atoms with Crippen molar-refractivity contribution in [3.63, 3.8) is 0 Å². The van der Waals surface area contributed by atoms with Crippen molar-refractivity contribution in [2.24, 2.45) is 0 Å². The number of amides is 1. The Hall–Kier alpha value is -2.65. The third-order valence-electron chi connectivity index (χ3n) is 2.76. The summed E-state index contributed by atoms with van der Waals surface area (Å²) in [6.45, 7) is 1.88. The molecule has 2 aromatic rings. The minimum atomic E-state index is -0.475. The van der Waals surface area contributed by atoms with Crippen LogP contribution in [0.2, 0.25) is 0 Å². The summed E-state index contributed by atoms with van der Waals surface area (Å²) in [5.74, 6) is -0.475. The number of carbonyl (C=O) groups is 1. The fraction of sp³-hybridized carbons (Fsp3) is 0.0625. The molecule has 0 aliphatic heterocycles. The predicted molar refractivity (Wildman–Crippen MR) is 89.1 cm³/mol. The van der Waals surface area contributed by atoms with E-state index in [1.54, 1.807) is 18.3 Å². The molecular formula is C16H13BrN4O. The Balaban J connectivity index is 2.05. The molecule has 0 unspecified atom stereocenters. The molecule has 2 rings (SSSR count). The monoisotopic (exact) mass is 356 g/mol. The van der Waals surface area contributed by atoms with Crippen molar-refractivity contribution in [3.05, 3.63) is 64.5 Å². The van der Waals surface area contributed by atoms with E-state index < -0.39 is 5.91 Å². The van der Waals surface area contributed by atoms with Crippen LogP contribution in [0.15, 0.2) is 58.8 Å². The first-order valence-corrected chi connectivity index (χ1v) is 7.24. The molecule has 2 N–H and O–H groups in total. The van der Waals surface area contributed by atoms with Crippen LogP contribution in [0.25, 0.3) is 0 Å². The van der Waals surface area contributed by atoms with Crippen molar-refractivity contribution in [1.29, 1.82) is 5.26 Å². The molecule has 0 spiro atoms. The smallest absolute Gasteiger partial charge is 0.267 e. The van der Waals surface area contributed by atoms with Gasteiger partial charge in [-0.1, -0.05) is 15.9 Å². The van der Waals surface area contributed by atoms with Gasteiger partial charge in [-0.25, -0.2) is 0 Å². The van der Waals surface area contributed by atoms with Gasteiger partial charge in [0.1, 0.15) is 11.6 Å². The molecule has 0 atom stereocenters. The zero-order chi connectivity index (χ0) is 15.9. The standard InChI is InChI=1S/C16H13BrN4O/c1-11-2-5-15(10-19-11)20-9-12(8-18)16(22)21-14-6-3-13(17)4-7-14/h2-7,9-10,20H,1H3,(H,21,22)/b12-9-. The molecule has 0 radical (unpaired) electrons. The molecule has 0 saturated carbocycles. The van der Waals surface area contributed by atoms with E-state index in [0.29, 0.717) is 11.4 Å². The highest BCUT2D eigenvalue weighted by Crippen LogP contribution is 2.15. The van der Waals surface area contributed by atoms with Gasteiger partial charge in [-0.2, -0.15) is 5.26 Å². The van der Waals surface area contributed by atoms with E-state index in [4.69, 9.17) is 5.26 Å². The Morgan fingerprint density at radius 2 is 1.91 bits per heavy atom. The number of anilines is 2. The van der Waals surface area contributed by atoms with Crippen LogP contribution in [0.5, 0.6) is 0 Å².